The van der Waals surface area contributed by atoms with Crippen molar-refractivity contribution >= 4 is 23.3 Å². The first-order valence-corrected chi connectivity index (χ1v) is 6.32. The predicted octanol–water partition coefficient (Wildman–Crippen LogP) is 2.74. The van der Waals surface area contributed by atoms with E-state index in [1.165, 1.54) is 0 Å². The number of H-pyrrole nitrogens is 1. The Hall–Kier alpha value is -2.01. The molecule has 1 heterocycles. The first-order chi connectivity index (χ1) is 9.13. The summed E-state index contributed by atoms with van der Waals surface area (Å²) >= 11 is 5.76. The molecule has 2 aromatic rings. The highest BCUT2D eigenvalue weighted by Crippen LogP contribution is 2.12. The van der Waals surface area contributed by atoms with Gasteiger partial charge in [-0.2, -0.15) is 0 Å². The Kier molecular flexibility index (Phi) is 4.41. The molecule has 0 unspecified atom stereocenters. The number of halogens is 1. The van der Waals surface area contributed by atoms with E-state index in [0.717, 1.165) is 17.9 Å². The van der Waals surface area contributed by atoms with Crippen LogP contribution in [0.5, 0.6) is 0 Å². The van der Waals surface area contributed by atoms with Gasteiger partial charge < -0.3 is 15.6 Å². The zero-order valence-corrected chi connectivity index (χ0v) is 11.3. The fourth-order valence-corrected chi connectivity index (χ4v) is 1.74. The van der Waals surface area contributed by atoms with E-state index in [2.05, 4.69) is 20.6 Å². The summed E-state index contributed by atoms with van der Waals surface area (Å²) < 4.78 is 0. The molecule has 1 aromatic carbocycles. The average molecular weight is 279 g/mol. The van der Waals surface area contributed by atoms with Crippen molar-refractivity contribution in [2.75, 3.05) is 11.9 Å². The Balaban J connectivity index is 1.74. The standard InChI is InChI=1S/C13H15ClN4O/c1-9-16-8-12(17-9)6-7-15-13(19)18-11-4-2-10(14)3-5-11/h2-5,8H,6-7H2,1H3,(H,16,17)(H2,15,18,19). The molecule has 1 aromatic heterocycles. The third-order valence-corrected chi connectivity index (χ3v) is 2.79. The number of anilines is 1. The lowest BCUT2D eigenvalue weighted by molar-refractivity contribution is 0.252. The summed E-state index contributed by atoms with van der Waals surface area (Å²) in [6.45, 7) is 2.44. The van der Waals surface area contributed by atoms with E-state index < -0.39 is 0 Å². The molecular formula is C13H15ClN4O. The lowest BCUT2D eigenvalue weighted by atomic mass is 10.3. The first-order valence-electron chi connectivity index (χ1n) is 5.94. The van der Waals surface area contributed by atoms with E-state index in [0.29, 0.717) is 17.3 Å². The molecule has 2 amide bonds. The van der Waals surface area contributed by atoms with Gasteiger partial charge in [0, 0.05) is 35.6 Å². The Morgan fingerprint density at radius 3 is 2.74 bits per heavy atom. The topological polar surface area (TPSA) is 69.8 Å². The molecule has 19 heavy (non-hydrogen) atoms. The lowest BCUT2D eigenvalue weighted by Crippen LogP contribution is -2.30. The van der Waals surface area contributed by atoms with Gasteiger partial charge >= 0.3 is 6.03 Å². The fraction of sp³-hybridized carbons (Fsp3) is 0.231. The minimum absolute atomic E-state index is 0.237. The number of benzene rings is 1. The number of aromatic amines is 1. The number of amides is 2. The largest absolute Gasteiger partial charge is 0.346 e. The van der Waals surface area contributed by atoms with Crippen LogP contribution in [-0.2, 0) is 6.42 Å². The fourth-order valence-electron chi connectivity index (χ4n) is 1.62. The second kappa shape index (κ2) is 6.24. The van der Waals surface area contributed by atoms with E-state index in [-0.39, 0.29) is 6.03 Å². The van der Waals surface area contributed by atoms with E-state index in [1.54, 1.807) is 30.5 Å². The maximum atomic E-state index is 11.6. The number of hydrogen-bond acceptors (Lipinski definition) is 2. The van der Waals surface area contributed by atoms with Crippen LogP contribution in [0.3, 0.4) is 0 Å². The van der Waals surface area contributed by atoms with Crippen molar-refractivity contribution in [2.24, 2.45) is 0 Å². The molecule has 5 nitrogen and oxygen atoms in total. The van der Waals surface area contributed by atoms with E-state index in [9.17, 15) is 4.79 Å². The van der Waals surface area contributed by atoms with Crippen LogP contribution in [0.4, 0.5) is 10.5 Å². The third-order valence-electron chi connectivity index (χ3n) is 2.54. The van der Waals surface area contributed by atoms with Crippen LogP contribution in [-0.4, -0.2) is 22.5 Å². The summed E-state index contributed by atoms with van der Waals surface area (Å²) in [4.78, 5) is 18.8. The van der Waals surface area contributed by atoms with Gasteiger partial charge in [0.2, 0.25) is 0 Å². The summed E-state index contributed by atoms with van der Waals surface area (Å²) in [5, 5.41) is 6.14. The Bertz CT molecular complexity index is 550. The van der Waals surface area contributed by atoms with Gasteiger partial charge in [0.15, 0.2) is 0 Å². The molecule has 100 valence electrons. The molecule has 0 atom stereocenters. The lowest BCUT2D eigenvalue weighted by Gasteiger charge is -2.07. The van der Waals surface area contributed by atoms with Gasteiger partial charge in [0.05, 0.1) is 0 Å². The Morgan fingerprint density at radius 1 is 1.37 bits per heavy atom. The van der Waals surface area contributed by atoms with E-state index in [1.807, 2.05) is 6.92 Å². The summed E-state index contributed by atoms with van der Waals surface area (Å²) in [5.74, 6) is 0.876. The molecular weight excluding hydrogens is 264 g/mol. The molecule has 0 bridgehead atoms. The second-order valence-corrected chi connectivity index (χ2v) is 4.57. The average Bonchev–Trinajstić information content (AvgIpc) is 2.78. The monoisotopic (exact) mass is 278 g/mol. The van der Waals surface area contributed by atoms with Gasteiger partial charge in [0.25, 0.3) is 0 Å². The molecule has 0 fully saturated rings. The van der Waals surface area contributed by atoms with Crippen LogP contribution in [0, 0.1) is 6.92 Å². The van der Waals surface area contributed by atoms with Crippen molar-refractivity contribution in [3.05, 3.63) is 47.0 Å². The van der Waals surface area contributed by atoms with Crippen molar-refractivity contribution in [3.8, 4) is 0 Å². The number of aromatic nitrogens is 2. The number of carbonyl (C=O) groups is 1. The molecule has 0 aliphatic rings. The smallest absolute Gasteiger partial charge is 0.319 e. The number of nitrogens with zero attached hydrogens (tertiary/aromatic N) is 1. The highest BCUT2D eigenvalue weighted by Gasteiger charge is 2.02. The van der Waals surface area contributed by atoms with Crippen LogP contribution in [0.1, 0.15) is 11.5 Å². The highest BCUT2D eigenvalue weighted by atomic mass is 35.5. The molecule has 0 radical (unpaired) electrons. The number of aryl methyl sites for hydroxylation is 1. The number of carbonyl (C=O) groups excluding carboxylic acids is 1. The maximum absolute atomic E-state index is 11.6. The molecule has 2 rings (SSSR count). The van der Waals surface area contributed by atoms with E-state index in [4.69, 9.17) is 11.6 Å². The zero-order chi connectivity index (χ0) is 13.7. The van der Waals surface area contributed by atoms with Crippen molar-refractivity contribution in [1.82, 2.24) is 15.3 Å². The zero-order valence-electron chi connectivity index (χ0n) is 10.5. The van der Waals surface area contributed by atoms with Crippen LogP contribution in [0.2, 0.25) is 5.02 Å². The molecule has 0 spiro atoms. The summed E-state index contributed by atoms with van der Waals surface area (Å²) in [6, 6.07) is 6.72. The summed E-state index contributed by atoms with van der Waals surface area (Å²) in [5.41, 5.74) is 1.71. The van der Waals surface area contributed by atoms with Crippen LogP contribution in [0.25, 0.3) is 0 Å². The maximum Gasteiger partial charge on any atom is 0.319 e. The Labute approximate surface area is 116 Å². The number of rotatable bonds is 4. The van der Waals surface area contributed by atoms with Crippen LogP contribution in [0.15, 0.2) is 30.5 Å². The first kappa shape index (κ1) is 13.4. The minimum Gasteiger partial charge on any atom is -0.346 e. The minimum atomic E-state index is -0.237. The van der Waals surface area contributed by atoms with Gasteiger partial charge in [-0.1, -0.05) is 11.6 Å². The summed E-state index contributed by atoms with van der Waals surface area (Å²) in [7, 11) is 0. The predicted molar refractivity (Wildman–Crippen MR) is 75.5 cm³/mol. The third kappa shape index (κ3) is 4.30. The summed E-state index contributed by atoms with van der Waals surface area (Å²) in [6.07, 6.45) is 2.49. The number of nitrogens with one attached hydrogen (secondary N) is 3. The van der Waals surface area contributed by atoms with Crippen LogP contribution < -0.4 is 10.6 Å². The number of hydrogen-bond donors (Lipinski definition) is 3. The second-order valence-electron chi connectivity index (χ2n) is 4.13. The molecule has 0 saturated heterocycles. The number of urea groups is 1. The van der Waals surface area contributed by atoms with Crippen molar-refractivity contribution in [2.45, 2.75) is 13.3 Å². The molecule has 0 saturated carbocycles. The quantitative estimate of drug-likeness (QED) is 0.805. The molecule has 0 aliphatic carbocycles. The van der Waals surface area contributed by atoms with Crippen LogP contribution >= 0.6 is 11.6 Å². The van der Waals surface area contributed by atoms with Gasteiger partial charge in [-0.25, -0.2) is 9.78 Å². The van der Waals surface area contributed by atoms with Gasteiger partial charge in [-0.05, 0) is 31.2 Å². The Morgan fingerprint density at radius 2 is 2.11 bits per heavy atom. The van der Waals surface area contributed by atoms with Gasteiger partial charge in [-0.15, -0.1) is 0 Å². The van der Waals surface area contributed by atoms with Crippen molar-refractivity contribution < 1.29 is 4.79 Å². The molecule has 6 heteroatoms. The van der Waals surface area contributed by atoms with Gasteiger partial charge in [0.1, 0.15) is 5.82 Å². The molecule has 3 N–H and O–H groups in total. The van der Waals surface area contributed by atoms with Crippen molar-refractivity contribution in [1.29, 1.82) is 0 Å². The van der Waals surface area contributed by atoms with Gasteiger partial charge in [-0.3, -0.25) is 0 Å². The SMILES string of the molecule is Cc1ncc(CCNC(=O)Nc2ccc(Cl)cc2)[nH]1. The number of imidazole rings is 1. The van der Waals surface area contributed by atoms with Crippen molar-refractivity contribution in [3.63, 3.8) is 0 Å². The molecule has 0 aliphatic heterocycles. The van der Waals surface area contributed by atoms with E-state index >= 15 is 0 Å². The normalized spacial score (nSPS) is 10.2. The highest BCUT2D eigenvalue weighted by molar-refractivity contribution is 6.30.